The Hall–Kier alpha value is -1.61. The summed E-state index contributed by atoms with van der Waals surface area (Å²) >= 11 is 0. The van der Waals surface area contributed by atoms with Crippen molar-refractivity contribution < 1.29 is 4.74 Å². The van der Waals surface area contributed by atoms with E-state index in [0.29, 0.717) is 13.2 Å². The highest BCUT2D eigenvalue weighted by Gasteiger charge is 2.16. The van der Waals surface area contributed by atoms with Gasteiger partial charge in [0.1, 0.15) is 0 Å². The van der Waals surface area contributed by atoms with Gasteiger partial charge in [0.05, 0.1) is 18.7 Å². The molecule has 3 rings (SSSR count). The molecule has 0 spiro atoms. The van der Waals surface area contributed by atoms with E-state index in [-0.39, 0.29) is 5.43 Å². The molecule has 0 fully saturated rings. The quantitative estimate of drug-likeness (QED) is 0.814. The lowest BCUT2D eigenvalue weighted by molar-refractivity contribution is 0.109. The van der Waals surface area contributed by atoms with Gasteiger partial charge >= 0.3 is 0 Å². The number of nitrogens with one attached hydrogen (secondary N) is 1. The fourth-order valence-electron chi connectivity index (χ4n) is 2.47. The third-order valence-corrected chi connectivity index (χ3v) is 3.43. The van der Waals surface area contributed by atoms with Crippen LogP contribution in [-0.4, -0.2) is 11.6 Å². The van der Waals surface area contributed by atoms with Crippen molar-refractivity contribution in [2.75, 3.05) is 6.61 Å². The van der Waals surface area contributed by atoms with Crippen LogP contribution in [0.2, 0.25) is 0 Å². The van der Waals surface area contributed by atoms with Gasteiger partial charge in [-0.05, 0) is 18.1 Å². The lowest BCUT2D eigenvalue weighted by atomic mass is 10.0. The third-order valence-electron chi connectivity index (χ3n) is 3.43. The van der Waals surface area contributed by atoms with Crippen LogP contribution in [0.4, 0.5) is 0 Å². The topological polar surface area (TPSA) is 42.1 Å². The van der Waals surface area contributed by atoms with Crippen LogP contribution < -0.4 is 5.43 Å². The first kappa shape index (κ1) is 10.5. The summed E-state index contributed by atoms with van der Waals surface area (Å²) in [6.07, 6.45) is 1.74. The number of hydrogen-bond donors (Lipinski definition) is 1. The molecule has 3 heteroatoms. The number of aryl methyl sites for hydroxylation is 1. The second-order valence-electron chi connectivity index (χ2n) is 4.41. The van der Waals surface area contributed by atoms with Gasteiger partial charge in [-0.2, -0.15) is 0 Å². The molecule has 0 amide bonds. The Bertz CT molecular complexity index is 628. The summed E-state index contributed by atoms with van der Waals surface area (Å²) in [5, 5.41) is 0.786. The molecule has 88 valence electrons. The molecule has 17 heavy (non-hydrogen) atoms. The van der Waals surface area contributed by atoms with Gasteiger partial charge in [0.2, 0.25) is 0 Å². The van der Waals surface area contributed by atoms with Crippen molar-refractivity contribution in [3.63, 3.8) is 0 Å². The fraction of sp³-hybridized carbons (Fsp3) is 0.357. The molecule has 0 unspecified atom stereocenters. The standard InChI is InChI=1S/C14H15NO2/c1-2-9-4-3-5-10-13(9)15-12-6-7-17-8-11(12)14(10)16/h3-5H,2,6-8H2,1H3,(H,15,16). The molecule has 0 radical (unpaired) electrons. The van der Waals surface area contributed by atoms with E-state index in [0.717, 1.165) is 35.0 Å². The van der Waals surface area contributed by atoms with Crippen LogP contribution in [0.3, 0.4) is 0 Å². The number of H-pyrrole nitrogens is 1. The Morgan fingerprint density at radius 2 is 2.29 bits per heavy atom. The zero-order chi connectivity index (χ0) is 11.8. The van der Waals surface area contributed by atoms with E-state index in [9.17, 15) is 4.79 Å². The number of ether oxygens (including phenoxy) is 1. The van der Waals surface area contributed by atoms with Crippen LogP contribution in [0, 0.1) is 0 Å². The number of pyridine rings is 1. The van der Waals surface area contributed by atoms with Crippen molar-refractivity contribution in [2.45, 2.75) is 26.4 Å². The molecule has 0 saturated carbocycles. The maximum atomic E-state index is 12.3. The lowest BCUT2D eigenvalue weighted by Gasteiger charge is -2.17. The first-order chi connectivity index (χ1) is 8.31. The van der Waals surface area contributed by atoms with Gasteiger partial charge in [-0.3, -0.25) is 4.79 Å². The minimum atomic E-state index is 0.128. The molecule has 1 aromatic heterocycles. The minimum absolute atomic E-state index is 0.128. The number of hydrogen-bond acceptors (Lipinski definition) is 2. The van der Waals surface area contributed by atoms with Gasteiger partial charge in [-0.25, -0.2) is 0 Å². The summed E-state index contributed by atoms with van der Waals surface area (Å²) in [5.74, 6) is 0. The van der Waals surface area contributed by atoms with Crippen LogP contribution in [0.25, 0.3) is 10.9 Å². The van der Waals surface area contributed by atoms with Crippen molar-refractivity contribution >= 4 is 10.9 Å². The SMILES string of the molecule is CCc1cccc2c(=O)c3c([nH]c12)CCOC3. The summed E-state index contributed by atoms with van der Waals surface area (Å²) in [7, 11) is 0. The maximum absolute atomic E-state index is 12.3. The van der Waals surface area contributed by atoms with Gasteiger partial charge in [-0.15, -0.1) is 0 Å². The van der Waals surface area contributed by atoms with E-state index < -0.39 is 0 Å². The van der Waals surface area contributed by atoms with E-state index in [1.807, 2.05) is 12.1 Å². The van der Waals surface area contributed by atoms with E-state index >= 15 is 0 Å². The van der Waals surface area contributed by atoms with Crippen LogP contribution in [0.1, 0.15) is 23.7 Å². The monoisotopic (exact) mass is 229 g/mol. The van der Waals surface area contributed by atoms with Crippen molar-refractivity contribution in [3.8, 4) is 0 Å². The Morgan fingerprint density at radius 3 is 3.12 bits per heavy atom. The molecule has 0 aliphatic carbocycles. The number of benzene rings is 1. The highest BCUT2D eigenvalue weighted by atomic mass is 16.5. The molecule has 1 N–H and O–H groups in total. The molecule has 0 bridgehead atoms. The van der Waals surface area contributed by atoms with Crippen molar-refractivity contribution in [3.05, 3.63) is 45.2 Å². The Morgan fingerprint density at radius 1 is 1.41 bits per heavy atom. The highest BCUT2D eigenvalue weighted by Crippen LogP contribution is 2.19. The first-order valence-electron chi connectivity index (χ1n) is 6.04. The molecular weight excluding hydrogens is 214 g/mol. The fourth-order valence-corrected chi connectivity index (χ4v) is 2.47. The number of fused-ring (bicyclic) bond motifs is 2. The Kier molecular flexibility index (Phi) is 2.48. The summed E-state index contributed by atoms with van der Waals surface area (Å²) in [4.78, 5) is 15.8. The maximum Gasteiger partial charge on any atom is 0.195 e. The summed E-state index contributed by atoms with van der Waals surface area (Å²) in [6.45, 7) is 3.25. The average molecular weight is 229 g/mol. The molecule has 1 aromatic carbocycles. The molecular formula is C14H15NO2. The Balaban J connectivity index is 2.40. The predicted molar refractivity (Wildman–Crippen MR) is 67.3 cm³/mol. The zero-order valence-electron chi connectivity index (χ0n) is 9.88. The van der Waals surface area contributed by atoms with Gasteiger partial charge in [-0.1, -0.05) is 19.1 Å². The first-order valence-corrected chi connectivity index (χ1v) is 6.04. The summed E-state index contributed by atoms with van der Waals surface area (Å²) in [6, 6.07) is 5.92. The number of aromatic amines is 1. The Labute approximate surface area is 99.4 Å². The highest BCUT2D eigenvalue weighted by molar-refractivity contribution is 5.82. The number of rotatable bonds is 1. The van der Waals surface area contributed by atoms with Crippen LogP contribution >= 0.6 is 0 Å². The summed E-state index contributed by atoms with van der Waals surface area (Å²) in [5.41, 5.74) is 4.19. The van der Waals surface area contributed by atoms with Gasteiger partial charge in [0.15, 0.2) is 5.43 Å². The van der Waals surface area contributed by atoms with Gasteiger partial charge < -0.3 is 9.72 Å². The van der Waals surface area contributed by atoms with E-state index in [2.05, 4.69) is 18.0 Å². The molecule has 0 saturated heterocycles. The van der Waals surface area contributed by atoms with Gasteiger partial charge in [0.25, 0.3) is 0 Å². The largest absolute Gasteiger partial charge is 0.376 e. The second kappa shape index (κ2) is 4.00. The van der Waals surface area contributed by atoms with Crippen molar-refractivity contribution in [1.82, 2.24) is 4.98 Å². The van der Waals surface area contributed by atoms with Crippen LogP contribution in [0.5, 0.6) is 0 Å². The summed E-state index contributed by atoms with van der Waals surface area (Å²) < 4.78 is 5.36. The van der Waals surface area contributed by atoms with Crippen molar-refractivity contribution in [1.29, 1.82) is 0 Å². The van der Waals surface area contributed by atoms with Crippen LogP contribution in [-0.2, 0) is 24.2 Å². The molecule has 1 aliphatic rings. The minimum Gasteiger partial charge on any atom is -0.376 e. The zero-order valence-corrected chi connectivity index (χ0v) is 9.88. The number of aromatic nitrogens is 1. The molecule has 1 aliphatic heterocycles. The second-order valence-corrected chi connectivity index (χ2v) is 4.41. The van der Waals surface area contributed by atoms with E-state index in [4.69, 9.17) is 4.74 Å². The molecule has 3 nitrogen and oxygen atoms in total. The smallest absolute Gasteiger partial charge is 0.195 e. The predicted octanol–water partition coefficient (Wildman–Crippen LogP) is 2.16. The molecule has 2 heterocycles. The van der Waals surface area contributed by atoms with Gasteiger partial charge in [0, 0.05) is 23.1 Å². The molecule has 2 aromatic rings. The number of para-hydroxylation sites is 1. The average Bonchev–Trinajstić information content (AvgIpc) is 2.38. The third kappa shape index (κ3) is 1.58. The van der Waals surface area contributed by atoms with E-state index in [1.165, 1.54) is 5.56 Å². The normalized spacial score (nSPS) is 14.9. The lowest BCUT2D eigenvalue weighted by Crippen LogP contribution is -2.22. The van der Waals surface area contributed by atoms with E-state index in [1.54, 1.807) is 0 Å². The van der Waals surface area contributed by atoms with Crippen LogP contribution in [0.15, 0.2) is 23.0 Å². The van der Waals surface area contributed by atoms with Crippen molar-refractivity contribution in [2.24, 2.45) is 0 Å². The molecule has 0 atom stereocenters.